The molecule has 0 aromatic heterocycles. The van der Waals surface area contributed by atoms with Crippen LogP contribution in [0.3, 0.4) is 0 Å². The molecule has 0 bridgehead atoms. The van der Waals surface area contributed by atoms with E-state index in [-0.39, 0.29) is 52.9 Å². The standard InChI is InChI=1S/C18H38O13/c19-1-13(23)5-27-9-17(10-28-6-14(24)2-20)31-18(11-29-7-15(25)3-21)12-30-8-16(26)4-22/h13-26H,1-12H2. The number of rotatable bonds is 22. The maximum absolute atomic E-state index is 9.38. The summed E-state index contributed by atoms with van der Waals surface area (Å²) in [5.41, 5.74) is 0. The molecule has 0 aliphatic heterocycles. The van der Waals surface area contributed by atoms with Crippen molar-refractivity contribution in [3.63, 3.8) is 0 Å². The van der Waals surface area contributed by atoms with E-state index in [0.29, 0.717) is 0 Å². The molecule has 0 saturated heterocycles. The van der Waals surface area contributed by atoms with Crippen molar-refractivity contribution < 1.29 is 64.5 Å². The van der Waals surface area contributed by atoms with Crippen molar-refractivity contribution in [3.8, 4) is 0 Å². The summed E-state index contributed by atoms with van der Waals surface area (Å²) < 4.78 is 27.0. The van der Waals surface area contributed by atoms with Crippen LogP contribution < -0.4 is 0 Å². The van der Waals surface area contributed by atoms with Crippen LogP contribution in [-0.2, 0) is 23.7 Å². The van der Waals surface area contributed by atoms with Gasteiger partial charge in [0.05, 0.1) is 79.3 Å². The van der Waals surface area contributed by atoms with Gasteiger partial charge < -0.3 is 64.5 Å². The number of hydrogen-bond donors (Lipinski definition) is 8. The van der Waals surface area contributed by atoms with Crippen molar-refractivity contribution >= 4 is 0 Å². The zero-order valence-electron chi connectivity index (χ0n) is 17.6. The largest absolute Gasteiger partial charge is 0.394 e. The van der Waals surface area contributed by atoms with Crippen LogP contribution in [0.15, 0.2) is 0 Å². The van der Waals surface area contributed by atoms with Crippen LogP contribution in [0.1, 0.15) is 0 Å². The van der Waals surface area contributed by atoms with Crippen LogP contribution in [0, 0.1) is 0 Å². The van der Waals surface area contributed by atoms with E-state index in [2.05, 4.69) is 0 Å². The smallest absolute Gasteiger partial charge is 0.105 e. The molecular weight excluding hydrogens is 424 g/mol. The summed E-state index contributed by atoms with van der Waals surface area (Å²) in [4.78, 5) is 0. The lowest BCUT2D eigenvalue weighted by molar-refractivity contribution is -0.146. The third kappa shape index (κ3) is 17.7. The van der Waals surface area contributed by atoms with Crippen LogP contribution in [0.25, 0.3) is 0 Å². The Hall–Kier alpha value is -0.520. The molecule has 0 saturated carbocycles. The lowest BCUT2D eigenvalue weighted by Crippen LogP contribution is -2.38. The minimum absolute atomic E-state index is 0.0543. The van der Waals surface area contributed by atoms with Gasteiger partial charge in [0.15, 0.2) is 0 Å². The third-order valence-corrected chi connectivity index (χ3v) is 3.68. The maximum Gasteiger partial charge on any atom is 0.105 e. The van der Waals surface area contributed by atoms with Crippen LogP contribution in [-0.4, -0.2) is 157 Å². The first kappa shape index (κ1) is 30.5. The van der Waals surface area contributed by atoms with Crippen molar-refractivity contribution in [1.82, 2.24) is 0 Å². The molecule has 0 spiro atoms. The van der Waals surface area contributed by atoms with Gasteiger partial charge in [0.1, 0.15) is 36.6 Å². The molecule has 4 atom stereocenters. The number of hydrogen-bond acceptors (Lipinski definition) is 13. The molecule has 0 rings (SSSR count). The van der Waals surface area contributed by atoms with Gasteiger partial charge in [-0.25, -0.2) is 0 Å². The Balaban J connectivity index is 4.80. The van der Waals surface area contributed by atoms with E-state index < -0.39 is 63.1 Å². The van der Waals surface area contributed by atoms with Crippen LogP contribution in [0.5, 0.6) is 0 Å². The molecule has 0 aliphatic rings. The fourth-order valence-electron chi connectivity index (χ4n) is 2.08. The summed E-state index contributed by atoms with van der Waals surface area (Å²) in [6.45, 7) is -2.74. The average Bonchev–Trinajstić information content (AvgIpc) is 2.77. The van der Waals surface area contributed by atoms with Gasteiger partial charge >= 0.3 is 0 Å². The summed E-state index contributed by atoms with van der Waals surface area (Å²) in [6.07, 6.45) is -5.72. The monoisotopic (exact) mass is 462 g/mol. The lowest BCUT2D eigenvalue weighted by atomic mass is 10.3. The minimum atomic E-state index is -1.07. The van der Waals surface area contributed by atoms with Crippen molar-refractivity contribution in [1.29, 1.82) is 0 Å². The molecular formula is C18H38O13. The van der Waals surface area contributed by atoms with Crippen molar-refractivity contribution in [2.24, 2.45) is 0 Å². The number of ether oxygens (including phenoxy) is 5. The molecule has 13 heteroatoms. The number of aliphatic hydroxyl groups excluding tert-OH is 8. The fraction of sp³-hybridized carbons (Fsp3) is 1.00. The van der Waals surface area contributed by atoms with Crippen molar-refractivity contribution in [2.75, 3.05) is 79.3 Å². The predicted molar refractivity (Wildman–Crippen MR) is 104 cm³/mol. The molecule has 188 valence electrons. The van der Waals surface area contributed by atoms with Crippen LogP contribution >= 0.6 is 0 Å². The normalized spacial score (nSPS) is 17.8. The van der Waals surface area contributed by atoms with E-state index in [4.69, 9.17) is 44.1 Å². The van der Waals surface area contributed by atoms with Crippen LogP contribution in [0.2, 0.25) is 0 Å². The Morgan fingerprint density at radius 3 is 0.806 bits per heavy atom. The topological polar surface area (TPSA) is 208 Å². The van der Waals surface area contributed by atoms with E-state index in [1.54, 1.807) is 0 Å². The molecule has 8 N–H and O–H groups in total. The Morgan fingerprint density at radius 2 is 0.613 bits per heavy atom. The second kappa shape index (κ2) is 20.1. The highest BCUT2D eigenvalue weighted by Crippen LogP contribution is 2.06. The molecule has 0 fully saturated rings. The molecule has 0 aliphatic carbocycles. The zero-order valence-corrected chi connectivity index (χ0v) is 17.6. The summed E-state index contributed by atoms with van der Waals surface area (Å²) >= 11 is 0. The van der Waals surface area contributed by atoms with Gasteiger partial charge in [-0.15, -0.1) is 0 Å². The molecule has 0 aromatic carbocycles. The fourth-order valence-corrected chi connectivity index (χ4v) is 2.08. The molecule has 13 nitrogen and oxygen atoms in total. The molecule has 0 radical (unpaired) electrons. The average molecular weight is 462 g/mol. The second-order valence-electron chi connectivity index (χ2n) is 6.88. The first-order valence-electron chi connectivity index (χ1n) is 9.98. The second-order valence-corrected chi connectivity index (χ2v) is 6.88. The Kier molecular flexibility index (Phi) is 19.8. The van der Waals surface area contributed by atoms with E-state index >= 15 is 0 Å². The Morgan fingerprint density at radius 1 is 0.387 bits per heavy atom. The Labute approximate surface area is 181 Å². The maximum atomic E-state index is 9.38. The summed E-state index contributed by atoms with van der Waals surface area (Å²) in [5, 5.41) is 72.9. The van der Waals surface area contributed by atoms with E-state index in [9.17, 15) is 20.4 Å². The third-order valence-electron chi connectivity index (χ3n) is 3.68. The molecule has 0 aromatic rings. The van der Waals surface area contributed by atoms with Gasteiger partial charge in [0, 0.05) is 0 Å². The molecule has 4 unspecified atom stereocenters. The first-order chi connectivity index (χ1) is 14.9. The van der Waals surface area contributed by atoms with Gasteiger partial charge in [-0.3, -0.25) is 0 Å². The molecule has 31 heavy (non-hydrogen) atoms. The summed E-state index contributed by atoms with van der Waals surface area (Å²) in [6, 6.07) is 0. The minimum Gasteiger partial charge on any atom is -0.394 e. The lowest BCUT2D eigenvalue weighted by Gasteiger charge is -2.26. The van der Waals surface area contributed by atoms with Gasteiger partial charge in [0.2, 0.25) is 0 Å². The SMILES string of the molecule is OCC(O)COCC(COCC(O)CO)OC(COCC(O)CO)COCC(O)CO. The summed E-state index contributed by atoms with van der Waals surface area (Å²) in [7, 11) is 0. The van der Waals surface area contributed by atoms with Gasteiger partial charge in [-0.05, 0) is 0 Å². The van der Waals surface area contributed by atoms with E-state index in [1.165, 1.54) is 0 Å². The van der Waals surface area contributed by atoms with Gasteiger partial charge in [0.25, 0.3) is 0 Å². The van der Waals surface area contributed by atoms with Crippen molar-refractivity contribution in [3.05, 3.63) is 0 Å². The highest BCUT2D eigenvalue weighted by atomic mass is 16.6. The van der Waals surface area contributed by atoms with Gasteiger partial charge in [-0.1, -0.05) is 0 Å². The molecule has 0 heterocycles. The zero-order chi connectivity index (χ0) is 23.5. The number of aliphatic hydroxyl groups is 8. The van der Waals surface area contributed by atoms with Gasteiger partial charge in [-0.2, -0.15) is 0 Å². The van der Waals surface area contributed by atoms with E-state index in [0.717, 1.165) is 0 Å². The highest BCUT2D eigenvalue weighted by molar-refractivity contribution is 4.66. The predicted octanol–water partition coefficient (Wildman–Crippen LogP) is -4.78. The van der Waals surface area contributed by atoms with Crippen LogP contribution in [0.4, 0.5) is 0 Å². The van der Waals surface area contributed by atoms with Crippen molar-refractivity contribution in [2.45, 2.75) is 36.6 Å². The Bertz CT molecular complexity index is 323. The highest BCUT2D eigenvalue weighted by Gasteiger charge is 2.20. The summed E-state index contributed by atoms with van der Waals surface area (Å²) in [5.74, 6) is 0. The quantitative estimate of drug-likeness (QED) is 0.0761. The molecule has 0 amide bonds. The van der Waals surface area contributed by atoms with E-state index in [1.807, 2.05) is 0 Å². The first-order valence-corrected chi connectivity index (χ1v) is 9.98.